The second-order valence-corrected chi connectivity index (χ2v) is 13.8. The first-order valence-electron chi connectivity index (χ1n) is 15.8. The number of hydrogen-bond donors (Lipinski definition) is 1. The molecule has 1 aliphatic carbocycles. The molecule has 2 heterocycles. The number of rotatable bonds is 8. The van der Waals surface area contributed by atoms with Gasteiger partial charge in [-0.25, -0.2) is 0 Å². The molecule has 0 bridgehead atoms. The number of carbonyl (C=O) groups is 2. The fourth-order valence-electron chi connectivity index (χ4n) is 6.58. The molecular weight excluding hydrogens is 588 g/mol. The van der Waals surface area contributed by atoms with E-state index in [1.54, 1.807) is 11.8 Å². The zero-order chi connectivity index (χ0) is 30.5. The van der Waals surface area contributed by atoms with Crippen LogP contribution in [0.3, 0.4) is 0 Å². The first-order chi connectivity index (χ1) is 21.4. The first kappa shape index (κ1) is 30.8. The van der Waals surface area contributed by atoms with Crippen LogP contribution in [-0.2, 0) is 11.3 Å². The molecule has 230 valence electrons. The van der Waals surface area contributed by atoms with Crippen molar-refractivity contribution in [1.29, 1.82) is 0 Å². The summed E-state index contributed by atoms with van der Waals surface area (Å²) in [7, 11) is 0. The molecule has 6 rings (SSSR count). The van der Waals surface area contributed by atoms with Crippen LogP contribution < -0.4 is 10.2 Å². The number of fused-ring (bicyclic) bond motifs is 1. The second-order valence-electron chi connectivity index (χ2n) is 12.1. The Hall–Kier alpha value is -3.26. The van der Waals surface area contributed by atoms with Crippen molar-refractivity contribution < 1.29 is 9.59 Å². The summed E-state index contributed by atoms with van der Waals surface area (Å²) in [6.07, 6.45) is 6.62. The third-order valence-electron chi connectivity index (χ3n) is 8.98. The average Bonchev–Trinajstić information content (AvgIpc) is 3.04. The van der Waals surface area contributed by atoms with Gasteiger partial charge in [0.15, 0.2) is 0 Å². The van der Waals surface area contributed by atoms with Crippen LogP contribution in [0.1, 0.15) is 52.7 Å². The summed E-state index contributed by atoms with van der Waals surface area (Å²) in [6, 6.07) is 24.4. The summed E-state index contributed by atoms with van der Waals surface area (Å²) in [5, 5.41) is 4.27. The number of aryl methyl sites for hydroxylation is 1. The number of piperazine rings is 1. The Balaban J connectivity index is 1.02. The Kier molecular flexibility index (Phi) is 9.95. The van der Waals surface area contributed by atoms with Gasteiger partial charge in [0.2, 0.25) is 0 Å². The maximum Gasteiger partial charge on any atom is 0.260 e. The molecule has 0 radical (unpaired) electrons. The molecule has 3 aromatic rings. The Morgan fingerprint density at radius 3 is 2.52 bits per heavy atom. The first-order valence-corrected chi connectivity index (χ1v) is 17.0. The Morgan fingerprint density at radius 1 is 0.977 bits per heavy atom. The minimum absolute atomic E-state index is 0.0701. The highest BCUT2D eigenvalue weighted by Crippen LogP contribution is 2.42. The highest BCUT2D eigenvalue weighted by Gasteiger charge is 2.40. The number of anilines is 1. The minimum atomic E-state index is -0.0701. The molecule has 3 aromatic carbocycles. The van der Waals surface area contributed by atoms with E-state index in [-0.39, 0.29) is 17.9 Å². The third-order valence-corrected chi connectivity index (χ3v) is 10.6. The Labute approximate surface area is 270 Å². The number of nitrogens with zero attached hydrogens (tertiary/aromatic N) is 3. The molecule has 44 heavy (non-hydrogen) atoms. The second kappa shape index (κ2) is 14.2. The highest BCUT2D eigenvalue weighted by atomic mass is 35.5. The van der Waals surface area contributed by atoms with Crippen LogP contribution in [0.2, 0.25) is 5.02 Å². The molecule has 2 atom stereocenters. The molecule has 3 aliphatic rings. The lowest BCUT2D eigenvalue weighted by molar-refractivity contribution is -0.130. The standard InChI is InChI=1S/C36H41ClN4O2S/c1-26-6-4-7-28(22-26)25-41-32-10-2-3-11-33(32)44-34(36(41)43)23-27-12-14-29(15-13-27)35(42)38-16-17-39-18-20-40(21-19-39)31-9-5-8-30(37)24-31/h4-9,12-15,22-24,32-33H,2-3,10-11,16-21,25H2,1H3,(H,38,42)/b34-23+. The van der Waals surface area contributed by atoms with Crippen LogP contribution in [0.4, 0.5) is 5.69 Å². The zero-order valence-corrected chi connectivity index (χ0v) is 27.0. The predicted molar refractivity (Wildman–Crippen MR) is 182 cm³/mol. The summed E-state index contributed by atoms with van der Waals surface area (Å²) < 4.78 is 0. The van der Waals surface area contributed by atoms with Gasteiger partial charge in [-0.1, -0.05) is 72.5 Å². The van der Waals surface area contributed by atoms with E-state index in [2.05, 4.69) is 57.3 Å². The van der Waals surface area contributed by atoms with Gasteiger partial charge in [-0.3, -0.25) is 14.5 Å². The van der Waals surface area contributed by atoms with Crippen molar-refractivity contribution in [1.82, 2.24) is 15.1 Å². The van der Waals surface area contributed by atoms with Gasteiger partial charge in [-0.15, -0.1) is 11.8 Å². The van der Waals surface area contributed by atoms with Gasteiger partial charge in [0.05, 0.1) is 4.91 Å². The number of carbonyl (C=O) groups excluding carboxylic acids is 2. The molecule has 1 saturated carbocycles. The molecule has 3 fully saturated rings. The Morgan fingerprint density at radius 2 is 1.75 bits per heavy atom. The number of amides is 2. The van der Waals surface area contributed by atoms with Gasteiger partial charge in [-0.2, -0.15) is 0 Å². The number of halogens is 1. The van der Waals surface area contributed by atoms with E-state index in [0.29, 0.717) is 23.9 Å². The van der Waals surface area contributed by atoms with Crippen molar-refractivity contribution in [3.63, 3.8) is 0 Å². The summed E-state index contributed by atoms with van der Waals surface area (Å²) >= 11 is 7.91. The lowest BCUT2D eigenvalue weighted by Crippen LogP contribution is -2.50. The topological polar surface area (TPSA) is 55.9 Å². The van der Waals surface area contributed by atoms with Crippen molar-refractivity contribution in [3.8, 4) is 0 Å². The minimum Gasteiger partial charge on any atom is -0.369 e. The van der Waals surface area contributed by atoms with E-state index in [4.69, 9.17) is 11.6 Å². The van der Waals surface area contributed by atoms with E-state index in [9.17, 15) is 9.59 Å². The van der Waals surface area contributed by atoms with Gasteiger partial charge in [-0.05, 0) is 67.3 Å². The average molecular weight is 629 g/mol. The van der Waals surface area contributed by atoms with Gasteiger partial charge >= 0.3 is 0 Å². The van der Waals surface area contributed by atoms with Gasteiger partial charge in [0.25, 0.3) is 11.8 Å². The molecule has 2 unspecified atom stereocenters. The largest absolute Gasteiger partial charge is 0.369 e. The molecule has 2 aliphatic heterocycles. The molecule has 0 spiro atoms. The molecule has 6 nitrogen and oxygen atoms in total. The summed E-state index contributed by atoms with van der Waals surface area (Å²) in [4.78, 5) is 34.3. The SMILES string of the molecule is Cc1cccc(CN2C(=O)/C(=C\c3ccc(C(=O)NCCN4CCN(c5cccc(Cl)c5)CC4)cc3)SC3CCCCC32)c1. The van der Waals surface area contributed by atoms with Crippen LogP contribution in [0.25, 0.3) is 6.08 Å². The smallest absolute Gasteiger partial charge is 0.260 e. The van der Waals surface area contributed by atoms with E-state index in [1.807, 2.05) is 48.5 Å². The molecule has 2 saturated heterocycles. The van der Waals surface area contributed by atoms with Crippen LogP contribution in [0, 0.1) is 6.92 Å². The summed E-state index contributed by atoms with van der Waals surface area (Å²) in [5.74, 6) is 0.0501. The normalized spacial score (nSPS) is 21.8. The lowest BCUT2D eigenvalue weighted by atomic mass is 9.92. The van der Waals surface area contributed by atoms with E-state index >= 15 is 0 Å². The van der Waals surface area contributed by atoms with Crippen LogP contribution in [0.15, 0.2) is 77.7 Å². The molecule has 1 N–H and O–H groups in total. The van der Waals surface area contributed by atoms with E-state index in [0.717, 1.165) is 66.7 Å². The van der Waals surface area contributed by atoms with E-state index < -0.39 is 0 Å². The van der Waals surface area contributed by atoms with Gasteiger partial charge in [0, 0.05) is 73.4 Å². The summed E-state index contributed by atoms with van der Waals surface area (Å²) in [5.41, 5.74) is 5.14. The number of benzene rings is 3. The van der Waals surface area contributed by atoms with Crippen molar-refractivity contribution in [2.75, 3.05) is 44.2 Å². The molecule has 0 aromatic heterocycles. The van der Waals surface area contributed by atoms with Gasteiger partial charge in [0.1, 0.15) is 0 Å². The molecule has 8 heteroatoms. The van der Waals surface area contributed by atoms with Crippen molar-refractivity contribution >= 4 is 46.9 Å². The number of hydrogen-bond acceptors (Lipinski definition) is 5. The van der Waals surface area contributed by atoms with Crippen LogP contribution in [-0.4, -0.2) is 72.2 Å². The summed E-state index contributed by atoms with van der Waals surface area (Å²) in [6.45, 7) is 7.96. The van der Waals surface area contributed by atoms with Gasteiger partial charge < -0.3 is 15.1 Å². The number of nitrogens with one attached hydrogen (secondary N) is 1. The Bertz CT molecular complexity index is 1500. The maximum atomic E-state index is 13.8. The number of thioether (sulfide) groups is 1. The quantitative estimate of drug-likeness (QED) is 0.284. The predicted octanol–water partition coefficient (Wildman–Crippen LogP) is 6.63. The van der Waals surface area contributed by atoms with Crippen molar-refractivity contribution in [2.45, 2.75) is 50.4 Å². The zero-order valence-electron chi connectivity index (χ0n) is 25.4. The highest BCUT2D eigenvalue weighted by molar-refractivity contribution is 8.04. The van der Waals surface area contributed by atoms with Crippen LogP contribution >= 0.6 is 23.4 Å². The monoisotopic (exact) mass is 628 g/mol. The molecule has 2 amide bonds. The van der Waals surface area contributed by atoms with Crippen molar-refractivity contribution in [3.05, 3.63) is 105 Å². The maximum absolute atomic E-state index is 13.8. The fourth-order valence-corrected chi connectivity index (χ4v) is 8.24. The van der Waals surface area contributed by atoms with E-state index in [1.165, 1.54) is 24.0 Å². The van der Waals surface area contributed by atoms with Crippen LogP contribution in [0.5, 0.6) is 0 Å². The third kappa shape index (κ3) is 7.51. The molecular formula is C36H41ClN4O2S. The van der Waals surface area contributed by atoms with Crippen molar-refractivity contribution in [2.24, 2.45) is 0 Å². The lowest BCUT2D eigenvalue weighted by Gasteiger charge is -2.44. The fraction of sp³-hybridized carbons (Fsp3) is 0.389.